The van der Waals surface area contributed by atoms with E-state index in [2.05, 4.69) is 10.0 Å². The molecule has 0 amide bonds. The number of nitrogen functional groups attached to an aromatic ring is 1. The molecule has 1 aliphatic heterocycles. The van der Waals surface area contributed by atoms with Gasteiger partial charge in [0.05, 0.1) is 5.69 Å². The van der Waals surface area contributed by atoms with Gasteiger partial charge in [-0.1, -0.05) is 0 Å². The predicted molar refractivity (Wildman–Crippen MR) is 81.1 cm³/mol. The molecular weight excluding hydrogens is 282 g/mol. The molecule has 7 heteroatoms. The summed E-state index contributed by atoms with van der Waals surface area (Å²) in [7, 11) is -2.11. The molecule has 1 heterocycles. The Morgan fingerprint density at radius 3 is 2.79 bits per heavy atom. The van der Waals surface area contributed by atoms with E-state index in [9.17, 15) is 8.42 Å². The van der Waals surface area contributed by atoms with Crippen LogP contribution in [0.4, 0.5) is 11.4 Å². The van der Waals surface area contributed by atoms with Crippen molar-refractivity contribution >= 4 is 33.2 Å². The number of sulfonamides is 1. The smallest absolute Gasteiger partial charge is 0.242 e. The van der Waals surface area contributed by atoms with Gasteiger partial charge in [-0.25, -0.2) is 13.1 Å². The minimum absolute atomic E-state index is 0.124. The summed E-state index contributed by atoms with van der Waals surface area (Å²) in [4.78, 5) is 0.124. The third kappa shape index (κ3) is 3.55. The Hall–Kier alpha value is -0.920. The maximum absolute atomic E-state index is 11.7. The van der Waals surface area contributed by atoms with Gasteiger partial charge in [-0.2, -0.15) is 11.8 Å². The number of nitrogens with two attached hydrogens (primary N) is 1. The molecule has 1 unspecified atom stereocenters. The standard InChI is InChI=1S/C12H19N3O2S2/c1-14-19(16,17)12-5-4-9(7-11(12)13)15-10-3-2-6-18-8-10/h4-5,7,10,14-15H,2-3,6,8,13H2,1H3. The van der Waals surface area contributed by atoms with Crippen molar-refractivity contribution in [2.24, 2.45) is 0 Å². The van der Waals surface area contributed by atoms with E-state index in [0.717, 1.165) is 17.9 Å². The fraction of sp³-hybridized carbons (Fsp3) is 0.500. The van der Waals surface area contributed by atoms with Gasteiger partial charge in [0.25, 0.3) is 0 Å². The summed E-state index contributed by atoms with van der Waals surface area (Å²) in [6.45, 7) is 0. The first-order valence-corrected chi connectivity index (χ1v) is 8.84. The van der Waals surface area contributed by atoms with Crippen LogP contribution in [0.5, 0.6) is 0 Å². The highest BCUT2D eigenvalue weighted by Gasteiger charge is 2.17. The van der Waals surface area contributed by atoms with Gasteiger partial charge in [-0.05, 0) is 43.8 Å². The van der Waals surface area contributed by atoms with Crippen LogP contribution in [-0.2, 0) is 10.0 Å². The molecule has 0 saturated carbocycles. The van der Waals surface area contributed by atoms with Crippen LogP contribution in [0.2, 0.25) is 0 Å². The Morgan fingerprint density at radius 2 is 2.21 bits per heavy atom. The average Bonchev–Trinajstić information content (AvgIpc) is 2.39. The molecule has 1 aromatic rings. The quantitative estimate of drug-likeness (QED) is 0.734. The lowest BCUT2D eigenvalue weighted by Crippen LogP contribution is -2.26. The zero-order chi connectivity index (χ0) is 13.9. The zero-order valence-electron chi connectivity index (χ0n) is 10.8. The van der Waals surface area contributed by atoms with Gasteiger partial charge in [-0.3, -0.25) is 0 Å². The molecule has 19 heavy (non-hydrogen) atoms. The predicted octanol–water partition coefficient (Wildman–Crippen LogP) is 1.48. The van der Waals surface area contributed by atoms with Crippen LogP contribution in [0.3, 0.4) is 0 Å². The molecule has 4 N–H and O–H groups in total. The van der Waals surface area contributed by atoms with Gasteiger partial charge in [0.1, 0.15) is 4.90 Å². The van der Waals surface area contributed by atoms with Crippen molar-refractivity contribution in [3.63, 3.8) is 0 Å². The molecule has 0 aromatic heterocycles. The van der Waals surface area contributed by atoms with E-state index in [1.807, 2.05) is 11.8 Å². The maximum atomic E-state index is 11.7. The summed E-state index contributed by atoms with van der Waals surface area (Å²) in [5.74, 6) is 2.30. The highest BCUT2D eigenvalue weighted by molar-refractivity contribution is 7.99. The lowest BCUT2D eigenvalue weighted by atomic mass is 10.1. The van der Waals surface area contributed by atoms with E-state index in [1.54, 1.807) is 18.2 Å². The molecule has 106 valence electrons. The Morgan fingerprint density at radius 1 is 1.42 bits per heavy atom. The number of nitrogens with one attached hydrogen (secondary N) is 2. The third-order valence-corrected chi connectivity index (χ3v) is 5.80. The molecule has 1 atom stereocenters. The van der Waals surface area contributed by atoms with Crippen LogP contribution < -0.4 is 15.8 Å². The van der Waals surface area contributed by atoms with Crippen LogP contribution >= 0.6 is 11.8 Å². The van der Waals surface area contributed by atoms with Crippen LogP contribution in [0.25, 0.3) is 0 Å². The molecule has 1 saturated heterocycles. The monoisotopic (exact) mass is 301 g/mol. The number of thioether (sulfide) groups is 1. The Kier molecular flexibility index (Phi) is 4.59. The molecule has 5 nitrogen and oxygen atoms in total. The largest absolute Gasteiger partial charge is 0.398 e. The molecule has 0 spiro atoms. The van der Waals surface area contributed by atoms with E-state index in [-0.39, 0.29) is 10.6 Å². The van der Waals surface area contributed by atoms with Crippen LogP contribution in [0, 0.1) is 0 Å². The fourth-order valence-corrected chi connectivity index (χ4v) is 3.99. The summed E-state index contributed by atoms with van der Waals surface area (Å²) < 4.78 is 25.7. The molecule has 1 aliphatic rings. The molecule has 0 aliphatic carbocycles. The molecule has 0 radical (unpaired) electrons. The summed E-state index contributed by atoms with van der Waals surface area (Å²) >= 11 is 1.94. The first-order valence-electron chi connectivity index (χ1n) is 6.20. The molecule has 0 bridgehead atoms. The second-order valence-electron chi connectivity index (χ2n) is 4.52. The summed E-state index contributed by atoms with van der Waals surface area (Å²) in [6, 6.07) is 5.42. The summed E-state index contributed by atoms with van der Waals surface area (Å²) in [6.07, 6.45) is 2.35. The Labute approximate surface area is 118 Å². The highest BCUT2D eigenvalue weighted by Crippen LogP contribution is 2.25. The SMILES string of the molecule is CNS(=O)(=O)c1ccc(NC2CCCSC2)cc1N. The van der Waals surface area contributed by atoms with Crippen molar-refractivity contribution in [2.75, 3.05) is 29.6 Å². The average molecular weight is 301 g/mol. The maximum Gasteiger partial charge on any atom is 0.242 e. The van der Waals surface area contributed by atoms with E-state index in [0.29, 0.717) is 6.04 Å². The lowest BCUT2D eigenvalue weighted by molar-refractivity contribution is 0.588. The number of hydrogen-bond donors (Lipinski definition) is 3. The number of benzene rings is 1. The van der Waals surface area contributed by atoms with Gasteiger partial charge < -0.3 is 11.1 Å². The Balaban J connectivity index is 2.14. The highest BCUT2D eigenvalue weighted by atomic mass is 32.2. The second kappa shape index (κ2) is 6.02. The molecule has 1 fully saturated rings. The van der Waals surface area contributed by atoms with Crippen molar-refractivity contribution < 1.29 is 8.42 Å². The molecule has 2 rings (SSSR count). The minimum Gasteiger partial charge on any atom is -0.398 e. The van der Waals surface area contributed by atoms with E-state index in [4.69, 9.17) is 5.73 Å². The van der Waals surface area contributed by atoms with Crippen molar-refractivity contribution in [2.45, 2.75) is 23.8 Å². The first-order chi connectivity index (χ1) is 9.03. The molecule has 1 aromatic carbocycles. The van der Waals surface area contributed by atoms with Gasteiger partial charge in [0, 0.05) is 17.5 Å². The molecular formula is C12H19N3O2S2. The van der Waals surface area contributed by atoms with Crippen molar-refractivity contribution in [1.82, 2.24) is 4.72 Å². The summed E-state index contributed by atoms with van der Waals surface area (Å²) in [5.41, 5.74) is 6.97. The van der Waals surface area contributed by atoms with E-state index >= 15 is 0 Å². The van der Waals surface area contributed by atoms with Gasteiger partial charge >= 0.3 is 0 Å². The van der Waals surface area contributed by atoms with Crippen molar-refractivity contribution in [3.05, 3.63) is 18.2 Å². The van der Waals surface area contributed by atoms with E-state index < -0.39 is 10.0 Å². The minimum atomic E-state index is -3.49. The fourth-order valence-electron chi connectivity index (χ4n) is 2.08. The summed E-state index contributed by atoms with van der Waals surface area (Å²) in [5, 5.41) is 3.40. The zero-order valence-corrected chi connectivity index (χ0v) is 12.5. The van der Waals surface area contributed by atoms with Gasteiger partial charge in [-0.15, -0.1) is 0 Å². The third-order valence-electron chi connectivity index (χ3n) is 3.10. The second-order valence-corrected chi connectivity index (χ2v) is 7.52. The van der Waals surface area contributed by atoms with E-state index in [1.165, 1.54) is 19.2 Å². The van der Waals surface area contributed by atoms with Crippen LogP contribution in [0.15, 0.2) is 23.1 Å². The van der Waals surface area contributed by atoms with Gasteiger partial charge in [0.2, 0.25) is 10.0 Å². The number of rotatable bonds is 4. The Bertz CT molecular complexity index is 540. The number of anilines is 2. The first kappa shape index (κ1) is 14.5. The van der Waals surface area contributed by atoms with Gasteiger partial charge in [0.15, 0.2) is 0 Å². The number of hydrogen-bond acceptors (Lipinski definition) is 5. The van der Waals surface area contributed by atoms with Crippen LogP contribution in [0.1, 0.15) is 12.8 Å². The lowest BCUT2D eigenvalue weighted by Gasteiger charge is -2.23. The van der Waals surface area contributed by atoms with Crippen LogP contribution in [-0.4, -0.2) is 33.0 Å². The van der Waals surface area contributed by atoms with Crippen molar-refractivity contribution in [3.8, 4) is 0 Å². The topological polar surface area (TPSA) is 84.2 Å². The van der Waals surface area contributed by atoms with Crippen molar-refractivity contribution in [1.29, 1.82) is 0 Å². The normalized spacial score (nSPS) is 20.2.